The van der Waals surface area contributed by atoms with Crippen LogP contribution in [0.15, 0.2) is 6.20 Å². The SMILES string of the molecule is c1nc(C2CCSCC2)nc2c1CNCC2. The van der Waals surface area contributed by atoms with E-state index in [-0.39, 0.29) is 0 Å². The van der Waals surface area contributed by atoms with Crippen LogP contribution in [-0.2, 0) is 13.0 Å². The highest BCUT2D eigenvalue weighted by molar-refractivity contribution is 7.99. The van der Waals surface area contributed by atoms with E-state index in [1.165, 1.54) is 35.6 Å². The lowest BCUT2D eigenvalue weighted by Crippen LogP contribution is -2.26. The summed E-state index contributed by atoms with van der Waals surface area (Å²) in [6.07, 6.45) is 5.60. The monoisotopic (exact) mass is 235 g/mol. The summed E-state index contributed by atoms with van der Waals surface area (Å²) in [5, 5.41) is 3.36. The molecule has 1 fully saturated rings. The van der Waals surface area contributed by atoms with Gasteiger partial charge in [0.15, 0.2) is 0 Å². The highest BCUT2D eigenvalue weighted by atomic mass is 32.2. The summed E-state index contributed by atoms with van der Waals surface area (Å²) in [4.78, 5) is 9.33. The van der Waals surface area contributed by atoms with Crippen molar-refractivity contribution in [2.75, 3.05) is 18.1 Å². The van der Waals surface area contributed by atoms with Gasteiger partial charge in [-0.2, -0.15) is 11.8 Å². The highest BCUT2D eigenvalue weighted by Crippen LogP contribution is 2.29. The third-order valence-electron chi connectivity index (χ3n) is 3.41. The van der Waals surface area contributed by atoms with Crippen LogP contribution in [0.1, 0.15) is 35.8 Å². The standard InChI is InChI=1S/C12H17N3S/c1-4-13-7-10-8-14-12(15-11(1)10)9-2-5-16-6-3-9/h8-9,13H,1-7H2. The maximum Gasteiger partial charge on any atom is 0.131 e. The number of nitrogens with one attached hydrogen (secondary N) is 1. The second-order valence-corrected chi connectivity index (χ2v) is 5.74. The second kappa shape index (κ2) is 4.72. The summed E-state index contributed by atoms with van der Waals surface area (Å²) < 4.78 is 0. The fourth-order valence-electron chi connectivity index (χ4n) is 2.40. The average Bonchev–Trinajstić information content (AvgIpc) is 2.39. The van der Waals surface area contributed by atoms with Gasteiger partial charge in [-0.05, 0) is 24.3 Å². The smallest absolute Gasteiger partial charge is 0.131 e. The highest BCUT2D eigenvalue weighted by Gasteiger charge is 2.20. The molecule has 1 saturated heterocycles. The lowest BCUT2D eigenvalue weighted by atomic mass is 10.0. The average molecular weight is 235 g/mol. The van der Waals surface area contributed by atoms with Crippen molar-refractivity contribution in [3.05, 3.63) is 23.3 Å². The minimum absolute atomic E-state index is 0.612. The van der Waals surface area contributed by atoms with E-state index in [1.54, 1.807) is 0 Å². The Hall–Kier alpha value is -0.610. The zero-order valence-electron chi connectivity index (χ0n) is 9.41. The first kappa shape index (κ1) is 10.5. The minimum Gasteiger partial charge on any atom is -0.312 e. The van der Waals surface area contributed by atoms with E-state index >= 15 is 0 Å². The third kappa shape index (κ3) is 2.09. The molecule has 86 valence electrons. The molecule has 3 heterocycles. The lowest BCUT2D eigenvalue weighted by molar-refractivity contribution is 0.572. The summed E-state index contributed by atoms with van der Waals surface area (Å²) in [5.74, 6) is 4.25. The molecule has 0 aromatic carbocycles. The molecule has 1 aromatic rings. The molecule has 4 heteroatoms. The molecular weight excluding hydrogens is 218 g/mol. The first-order chi connectivity index (χ1) is 7.93. The molecular formula is C12H17N3S. The van der Waals surface area contributed by atoms with Gasteiger partial charge < -0.3 is 5.32 Å². The van der Waals surface area contributed by atoms with E-state index in [9.17, 15) is 0 Å². The molecule has 0 radical (unpaired) electrons. The summed E-state index contributed by atoms with van der Waals surface area (Å²) >= 11 is 2.06. The Labute approximate surface area is 100 Å². The van der Waals surface area contributed by atoms with Gasteiger partial charge in [-0.3, -0.25) is 0 Å². The van der Waals surface area contributed by atoms with Gasteiger partial charge in [-0.15, -0.1) is 0 Å². The lowest BCUT2D eigenvalue weighted by Gasteiger charge is -2.22. The predicted octanol–water partition coefficient (Wildman–Crippen LogP) is 1.73. The zero-order chi connectivity index (χ0) is 10.8. The topological polar surface area (TPSA) is 37.8 Å². The summed E-state index contributed by atoms with van der Waals surface area (Å²) in [6.45, 7) is 2.00. The number of rotatable bonds is 1. The van der Waals surface area contributed by atoms with Crippen LogP contribution in [0, 0.1) is 0 Å². The van der Waals surface area contributed by atoms with Gasteiger partial charge in [0, 0.05) is 42.9 Å². The van der Waals surface area contributed by atoms with Crippen molar-refractivity contribution >= 4 is 11.8 Å². The van der Waals surface area contributed by atoms with Crippen LogP contribution >= 0.6 is 11.8 Å². The number of thioether (sulfide) groups is 1. The van der Waals surface area contributed by atoms with Gasteiger partial charge in [0.1, 0.15) is 5.82 Å². The van der Waals surface area contributed by atoms with E-state index in [2.05, 4.69) is 22.1 Å². The van der Waals surface area contributed by atoms with Crippen molar-refractivity contribution in [1.29, 1.82) is 0 Å². The Morgan fingerprint density at radius 3 is 3.06 bits per heavy atom. The number of aromatic nitrogens is 2. The fraction of sp³-hybridized carbons (Fsp3) is 0.667. The van der Waals surface area contributed by atoms with Crippen molar-refractivity contribution in [3.8, 4) is 0 Å². The predicted molar refractivity (Wildman–Crippen MR) is 66.7 cm³/mol. The molecule has 0 saturated carbocycles. The molecule has 2 aliphatic rings. The van der Waals surface area contributed by atoms with Crippen molar-refractivity contribution in [2.24, 2.45) is 0 Å². The Kier molecular flexibility index (Phi) is 3.11. The van der Waals surface area contributed by atoms with Crippen LogP contribution in [0.25, 0.3) is 0 Å². The summed E-state index contributed by atoms with van der Waals surface area (Å²) in [7, 11) is 0. The number of nitrogens with zero attached hydrogens (tertiary/aromatic N) is 2. The molecule has 16 heavy (non-hydrogen) atoms. The van der Waals surface area contributed by atoms with Crippen LogP contribution in [0.3, 0.4) is 0 Å². The molecule has 3 rings (SSSR count). The molecule has 0 spiro atoms. The van der Waals surface area contributed by atoms with Crippen molar-refractivity contribution in [3.63, 3.8) is 0 Å². The van der Waals surface area contributed by atoms with Gasteiger partial charge in [0.2, 0.25) is 0 Å². The summed E-state index contributed by atoms with van der Waals surface area (Å²) in [5.41, 5.74) is 2.57. The maximum absolute atomic E-state index is 4.78. The molecule has 1 N–H and O–H groups in total. The Balaban J connectivity index is 1.84. The molecule has 1 aromatic heterocycles. The number of hydrogen-bond donors (Lipinski definition) is 1. The Morgan fingerprint density at radius 2 is 2.19 bits per heavy atom. The van der Waals surface area contributed by atoms with Crippen molar-refractivity contribution in [1.82, 2.24) is 15.3 Å². The molecule has 0 unspecified atom stereocenters. The van der Waals surface area contributed by atoms with Crippen LogP contribution in [0.2, 0.25) is 0 Å². The Morgan fingerprint density at radius 1 is 1.31 bits per heavy atom. The number of hydrogen-bond acceptors (Lipinski definition) is 4. The van der Waals surface area contributed by atoms with Crippen LogP contribution in [0.4, 0.5) is 0 Å². The van der Waals surface area contributed by atoms with E-state index in [4.69, 9.17) is 4.98 Å². The quantitative estimate of drug-likeness (QED) is 0.804. The maximum atomic E-state index is 4.78. The first-order valence-electron chi connectivity index (χ1n) is 6.06. The van der Waals surface area contributed by atoms with Crippen LogP contribution < -0.4 is 5.32 Å². The fourth-order valence-corrected chi connectivity index (χ4v) is 3.51. The molecule has 0 bridgehead atoms. The normalized spacial score (nSPS) is 21.8. The van der Waals surface area contributed by atoms with Crippen LogP contribution in [0.5, 0.6) is 0 Å². The van der Waals surface area contributed by atoms with Gasteiger partial charge >= 0.3 is 0 Å². The van der Waals surface area contributed by atoms with Gasteiger partial charge in [0.05, 0.1) is 0 Å². The van der Waals surface area contributed by atoms with E-state index < -0.39 is 0 Å². The molecule has 0 atom stereocenters. The molecule has 0 amide bonds. The van der Waals surface area contributed by atoms with Gasteiger partial charge in [-0.1, -0.05) is 0 Å². The van der Waals surface area contributed by atoms with Gasteiger partial charge in [-0.25, -0.2) is 9.97 Å². The minimum atomic E-state index is 0.612. The molecule has 0 aliphatic carbocycles. The second-order valence-electron chi connectivity index (χ2n) is 4.51. The number of fused-ring (bicyclic) bond motifs is 1. The largest absolute Gasteiger partial charge is 0.312 e. The van der Waals surface area contributed by atoms with Crippen molar-refractivity contribution < 1.29 is 0 Å². The van der Waals surface area contributed by atoms with E-state index in [0.29, 0.717) is 5.92 Å². The van der Waals surface area contributed by atoms with Crippen LogP contribution in [-0.4, -0.2) is 28.0 Å². The third-order valence-corrected chi connectivity index (χ3v) is 4.46. The summed E-state index contributed by atoms with van der Waals surface area (Å²) in [6, 6.07) is 0. The zero-order valence-corrected chi connectivity index (χ0v) is 10.2. The first-order valence-corrected chi connectivity index (χ1v) is 7.22. The van der Waals surface area contributed by atoms with Crippen molar-refractivity contribution in [2.45, 2.75) is 31.7 Å². The Bertz CT molecular complexity index is 375. The van der Waals surface area contributed by atoms with E-state index in [1.807, 2.05) is 6.20 Å². The molecule has 2 aliphatic heterocycles. The molecule has 3 nitrogen and oxygen atoms in total. The van der Waals surface area contributed by atoms with E-state index in [0.717, 1.165) is 25.3 Å². The van der Waals surface area contributed by atoms with Gasteiger partial charge in [0.25, 0.3) is 0 Å².